The molecule has 2 aliphatic heterocycles. The number of ketones is 1. The van der Waals surface area contributed by atoms with E-state index < -0.39 is 11.9 Å². The van der Waals surface area contributed by atoms with Gasteiger partial charge >= 0.3 is 5.97 Å². The standard InChI is InChI=1S/C27H26ClNO6/c1-15-24(27(31)33-10-9-32-2)25(16-7-8-22-23(13-16)35-14-34-22)26-20(29-15)11-17(12-21(26)30)18-5-3-4-6-19(18)28/h3-8,13,17,25,29H,9-12,14H2,1-2H3/t17-,25-/m0/s1. The molecule has 8 heteroatoms. The lowest BCUT2D eigenvalue weighted by Crippen LogP contribution is -2.36. The molecule has 0 saturated heterocycles. The molecule has 2 aromatic carbocycles. The number of nitrogens with one attached hydrogen (secondary N) is 1. The molecule has 7 nitrogen and oxygen atoms in total. The summed E-state index contributed by atoms with van der Waals surface area (Å²) in [6.45, 7) is 2.37. The first kappa shape index (κ1) is 23.5. The number of halogens is 1. The van der Waals surface area contributed by atoms with Crippen LogP contribution < -0.4 is 14.8 Å². The predicted molar refractivity (Wildman–Crippen MR) is 129 cm³/mol. The van der Waals surface area contributed by atoms with Crippen LogP contribution in [0.3, 0.4) is 0 Å². The molecule has 1 aliphatic carbocycles. The van der Waals surface area contributed by atoms with E-state index in [1.54, 1.807) is 7.11 Å². The second-order valence-corrected chi connectivity index (χ2v) is 9.19. The van der Waals surface area contributed by atoms with Crippen molar-refractivity contribution in [1.82, 2.24) is 5.32 Å². The first-order valence-electron chi connectivity index (χ1n) is 11.5. The monoisotopic (exact) mass is 495 g/mol. The van der Waals surface area contributed by atoms with Crippen LogP contribution in [0.25, 0.3) is 0 Å². The van der Waals surface area contributed by atoms with Gasteiger partial charge in [-0.05, 0) is 48.6 Å². The largest absolute Gasteiger partial charge is 0.460 e. The summed E-state index contributed by atoms with van der Waals surface area (Å²) < 4.78 is 21.6. The highest BCUT2D eigenvalue weighted by Gasteiger charge is 2.42. The second kappa shape index (κ2) is 9.76. The minimum atomic E-state index is -0.588. The summed E-state index contributed by atoms with van der Waals surface area (Å²) >= 11 is 6.46. The van der Waals surface area contributed by atoms with Crippen molar-refractivity contribution >= 4 is 23.4 Å². The molecule has 5 rings (SSSR count). The molecule has 0 saturated carbocycles. The molecular weight excluding hydrogens is 470 g/mol. The lowest BCUT2D eigenvalue weighted by Gasteiger charge is -2.37. The molecule has 0 aromatic heterocycles. The SMILES string of the molecule is COCCOC(=O)C1=C(C)NC2=C(C(=O)C[C@@H](c3ccccc3Cl)C2)[C@H]1c1ccc2c(c1)OCO2. The number of rotatable bonds is 6. The number of benzene rings is 2. The van der Waals surface area contributed by atoms with Crippen molar-refractivity contribution in [3.63, 3.8) is 0 Å². The molecule has 1 N–H and O–H groups in total. The Morgan fingerprint density at radius 1 is 1.11 bits per heavy atom. The van der Waals surface area contributed by atoms with Gasteiger partial charge in [0.2, 0.25) is 6.79 Å². The summed E-state index contributed by atoms with van der Waals surface area (Å²) in [5.74, 6) is 0.0716. The lowest BCUT2D eigenvalue weighted by atomic mass is 9.71. The topological polar surface area (TPSA) is 83.1 Å². The second-order valence-electron chi connectivity index (χ2n) is 8.78. The van der Waals surface area contributed by atoms with E-state index in [0.717, 1.165) is 16.8 Å². The van der Waals surface area contributed by atoms with Crippen molar-refractivity contribution in [3.05, 3.63) is 81.2 Å². The smallest absolute Gasteiger partial charge is 0.336 e. The average molecular weight is 496 g/mol. The van der Waals surface area contributed by atoms with Gasteiger partial charge in [0.1, 0.15) is 6.61 Å². The van der Waals surface area contributed by atoms with E-state index in [4.69, 9.17) is 30.5 Å². The summed E-state index contributed by atoms with van der Waals surface area (Å²) in [6, 6.07) is 13.1. The quantitative estimate of drug-likeness (QED) is 0.462. The molecular formula is C27H26ClNO6. The summed E-state index contributed by atoms with van der Waals surface area (Å²) in [6.07, 6.45) is 0.908. The minimum absolute atomic E-state index is 0.0268. The number of carbonyl (C=O) groups is 2. The van der Waals surface area contributed by atoms with Gasteiger partial charge in [0.25, 0.3) is 0 Å². The van der Waals surface area contributed by atoms with E-state index >= 15 is 0 Å². The van der Waals surface area contributed by atoms with Crippen molar-refractivity contribution in [2.24, 2.45) is 0 Å². The minimum Gasteiger partial charge on any atom is -0.460 e. The van der Waals surface area contributed by atoms with Crippen LogP contribution in [-0.2, 0) is 19.1 Å². The van der Waals surface area contributed by atoms with Gasteiger partial charge in [-0.2, -0.15) is 0 Å². The third kappa shape index (κ3) is 4.42. The first-order valence-corrected chi connectivity index (χ1v) is 11.9. The van der Waals surface area contributed by atoms with Crippen LogP contribution in [0.1, 0.15) is 42.7 Å². The highest BCUT2D eigenvalue weighted by Crippen LogP contribution is 2.48. The summed E-state index contributed by atoms with van der Waals surface area (Å²) in [4.78, 5) is 26.9. The Bertz CT molecular complexity index is 1250. The van der Waals surface area contributed by atoms with Gasteiger partial charge in [0.05, 0.1) is 12.2 Å². The fourth-order valence-corrected chi connectivity index (χ4v) is 5.35. The Kier molecular flexibility index (Phi) is 6.54. The zero-order valence-electron chi connectivity index (χ0n) is 19.6. The lowest BCUT2D eigenvalue weighted by molar-refractivity contribution is -0.140. The molecule has 2 atom stereocenters. The van der Waals surface area contributed by atoms with E-state index in [0.29, 0.717) is 46.2 Å². The van der Waals surface area contributed by atoms with Crippen molar-refractivity contribution in [1.29, 1.82) is 0 Å². The van der Waals surface area contributed by atoms with E-state index in [1.165, 1.54) is 0 Å². The Hall–Kier alpha value is -3.29. The fraction of sp³-hybridized carbons (Fsp3) is 0.333. The number of dihydropyridines is 1. The number of allylic oxidation sites excluding steroid dienone is 3. The third-order valence-corrected chi connectivity index (χ3v) is 6.99. The Morgan fingerprint density at radius 2 is 1.91 bits per heavy atom. The number of methoxy groups -OCH3 is 1. The zero-order chi connectivity index (χ0) is 24.5. The van der Waals surface area contributed by atoms with E-state index in [1.807, 2.05) is 49.4 Å². The van der Waals surface area contributed by atoms with Gasteiger partial charge in [0, 0.05) is 41.4 Å². The van der Waals surface area contributed by atoms with Crippen LogP contribution in [0, 0.1) is 0 Å². The van der Waals surface area contributed by atoms with Crippen molar-refractivity contribution in [2.75, 3.05) is 27.1 Å². The number of fused-ring (bicyclic) bond motifs is 1. The molecule has 0 spiro atoms. The van der Waals surface area contributed by atoms with Crippen molar-refractivity contribution < 1.29 is 28.5 Å². The summed E-state index contributed by atoms with van der Waals surface area (Å²) in [5, 5.41) is 3.99. The van der Waals surface area contributed by atoms with Gasteiger partial charge in [0.15, 0.2) is 17.3 Å². The van der Waals surface area contributed by atoms with Gasteiger partial charge < -0.3 is 24.3 Å². The number of Topliss-reactive ketones (excluding diaryl/α,β-unsaturated/α-hetero) is 1. The molecule has 0 fully saturated rings. The highest BCUT2D eigenvalue weighted by molar-refractivity contribution is 6.31. The number of carbonyl (C=O) groups excluding carboxylic acids is 2. The van der Waals surface area contributed by atoms with Crippen LogP contribution in [0.5, 0.6) is 11.5 Å². The maximum absolute atomic E-state index is 13.7. The van der Waals surface area contributed by atoms with Gasteiger partial charge in [-0.3, -0.25) is 4.79 Å². The molecule has 0 radical (unpaired) electrons. The number of hydrogen-bond donors (Lipinski definition) is 1. The molecule has 35 heavy (non-hydrogen) atoms. The molecule has 0 unspecified atom stereocenters. The molecule has 2 heterocycles. The van der Waals surface area contributed by atoms with Crippen molar-refractivity contribution in [3.8, 4) is 11.5 Å². The normalized spacial score (nSPS) is 21.1. The van der Waals surface area contributed by atoms with Crippen molar-refractivity contribution in [2.45, 2.75) is 31.6 Å². The predicted octanol–water partition coefficient (Wildman–Crippen LogP) is 4.62. The van der Waals surface area contributed by atoms with E-state index in [-0.39, 0.29) is 31.7 Å². The van der Waals surface area contributed by atoms with Gasteiger partial charge in [-0.1, -0.05) is 35.9 Å². The maximum atomic E-state index is 13.7. The Labute approximate surface area is 208 Å². The van der Waals surface area contributed by atoms with Gasteiger partial charge in [-0.15, -0.1) is 0 Å². The Balaban J connectivity index is 1.57. The molecule has 0 amide bonds. The van der Waals surface area contributed by atoms with Crippen LogP contribution in [0.2, 0.25) is 5.02 Å². The maximum Gasteiger partial charge on any atom is 0.336 e. The third-order valence-electron chi connectivity index (χ3n) is 6.64. The first-order chi connectivity index (χ1) is 17.0. The number of ether oxygens (including phenoxy) is 4. The van der Waals surface area contributed by atoms with E-state index in [2.05, 4.69) is 5.32 Å². The highest BCUT2D eigenvalue weighted by atomic mass is 35.5. The molecule has 3 aliphatic rings. The number of esters is 1. The molecule has 182 valence electrons. The van der Waals surface area contributed by atoms with E-state index in [9.17, 15) is 9.59 Å². The average Bonchev–Trinajstić information content (AvgIpc) is 3.31. The summed E-state index contributed by atoms with van der Waals surface area (Å²) in [5.41, 5.74) is 4.16. The molecule has 0 bridgehead atoms. The Morgan fingerprint density at radius 3 is 2.71 bits per heavy atom. The van der Waals surface area contributed by atoms with Crippen LogP contribution >= 0.6 is 11.6 Å². The fourth-order valence-electron chi connectivity index (χ4n) is 5.06. The summed E-state index contributed by atoms with van der Waals surface area (Å²) in [7, 11) is 1.54. The zero-order valence-corrected chi connectivity index (χ0v) is 20.3. The molecule has 2 aromatic rings. The van der Waals surface area contributed by atoms with Crippen LogP contribution in [-0.4, -0.2) is 38.9 Å². The number of hydrogen-bond acceptors (Lipinski definition) is 7. The van der Waals surface area contributed by atoms with Crippen LogP contribution in [0.15, 0.2) is 65.0 Å². The van der Waals surface area contributed by atoms with Gasteiger partial charge in [-0.25, -0.2) is 4.79 Å². The van der Waals surface area contributed by atoms with Crippen LogP contribution in [0.4, 0.5) is 0 Å².